The lowest BCUT2D eigenvalue weighted by molar-refractivity contribution is -1.15. The van der Waals surface area contributed by atoms with Gasteiger partial charge < -0.3 is 0 Å². The van der Waals surface area contributed by atoms with Crippen LogP contribution < -0.4 is 0 Å². The smallest absolute Gasteiger partial charge is 0.00502 e. The molecule has 0 nitrogen and oxygen atoms in total. The molecule has 45 fully saturated rings. The second-order valence-electron chi connectivity index (χ2n) is 41.3. The molecule has 0 N–H and O–H groups in total. The average Bonchev–Trinajstić information content (AvgIpc) is 3.14. The Morgan fingerprint density at radius 3 is 0.406 bits per heavy atom. The maximum Gasteiger partial charge on any atom is -0.00502 e. The molecular weight excluding hydrogens is 769 g/mol. The molecule has 45 aliphatic carbocycles. The zero-order chi connectivity index (χ0) is 35.3. The zero-order valence-electron chi connectivity index (χ0n) is 35.3. The Bertz CT molecular complexity index is 3770. The van der Waals surface area contributed by atoms with Gasteiger partial charge in [-0.3, -0.25) is 0 Å². The lowest BCUT2D eigenvalue weighted by Crippen LogP contribution is -3.58. The fourth-order valence-corrected chi connectivity index (χ4v) is 69.3. The Kier molecular flexibility index (Phi) is 1.15. The molecule has 45 rings (SSSR count). The summed E-state index contributed by atoms with van der Waals surface area (Å²) in [6, 6.07) is 0. The number of rotatable bonds is 0. The van der Waals surface area contributed by atoms with Crippen LogP contribution in [0.2, 0.25) is 0 Å². The number of hydrogen-bond donors (Lipinski definition) is 0. The van der Waals surface area contributed by atoms with E-state index >= 15 is 0 Å². The quantitative estimate of drug-likeness (QED) is 0.304. The van der Waals surface area contributed by atoms with Gasteiger partial charge in [-0.15, -0.1) is 0 Å². The van der Waals surface area contributed by atoms with Crippen molar-refractivity contribution in [2.24, 2.45) is 341 Å². The normalized spacial score (nSPS) is 140. The predicted molar refractivity (Wildman–Crippen MR) is 198 cm³/mol. The predicted octanol–water partition coefficient (Wildman–Crippen LogP) is 5.50. The largest absolute Gasteiger partial charge is 0.0458 e. The maximum atomic E-state index is 1.83. The molecule has 0 aliphatic heterocycles. The van der Waals surface area contributed by atoms with Crippen molar-refractivity contribution in [3.05, 3.63) is 0 Å². The minimum absolute atomic E-state index is 1.10. The van der Waals surface area contributed by atoms with E-state index in [2.05, 4.69) is 0 Å². The molecule has 0 aromatic heterocycles. The summed E-state index contributed by atoms with van der Waals surface area (Å²) in [4.78, 5) is 0. The molecule has 64 heavy (non-hydrogen) atoms. The molecule has 56 unspecified atom stereocenters. The van der Waals surface area contributed by atoms with Crippen molar-refractivity contribution in [2.75, 3.05) is 0 Å². The topological polar surface area (TPSA) is 0 Å². The van der Waals surface area contributed by atoms with E-state index in [1.807, 2.05) is 25.7 Å². The van der Waals surface area contributed by atoms with Gasteiger partial charge in [0.15, 0.2) is 0 Å². The van der Waals surface area contributed by atoms with Crippen molar-refractivity contribution in [1.82, 2.24) is 0 Å². The monoisotopic (exact) mass is 808 g/mol. The summed E-state index contributed by atoms with van der Waals surface area (Å²) in [5, 5.41) is 0. The minimum atomic E-state index is 1.10. The van der Waals surface area contributed by atoms with Crippen LogP contribution in [0.4, 0.5) is 0 Å². The van der Waals surface area contributed by atoms with Crippen LogP contribution in [0.15, 0.2) is 0 Å². The van der Waals surface area contributed by atoms with E-state index < -0.39 is 0 Å². The first-order valence-corrected chi connectivity index (χ1v) is 31.8. The molecule has 56 atom stereocenters. The summed E-state index contributed by atoms with van der Waals surface area (Å²) in [6.45, 7) is 0. The van der Waals surface area contributed by atoms with E-state index in [1.165, 1.54) is 189 Å². The maximum absolute atomic E-state index is 1.83. The van der Waals surface area contributed by atoms with E-state index in [-0.39, 0.29) is 0 Å². The Hall–Kier alpha value is 0. The molecular formula is C64H40. The molecule has 45 saturated carbocycles. The van der Waals surface area contributed by atoms with Gasteiger partial charge >= 0.3 is 0 Å². The van der Waals surface area contributed by atoms with Gasteiger partial charge in [0.25, 0.3) is 0 Å². The van der Waals surface area contributed by atoms with Gasteiger partial charge in [0, 0.05) is 0 Å². The van der Waals surface area contributed by atoms with Crippen LogP contribution in [0.25, 0.3) is 0 Å². The van der Waals surface area contributed by atoms with Crippen molar-refractivity contribution in [3.8, 4) is 0 Å². The van der Waals surface area contributed by atoms with Crippen LogP contribution in [0, 0.1) is 341 Å². The molecule has 0 heterocycles. The van der Waals surface area contributed by atoms with Crippen molar-refractivity contribution in [3.63, 3.8) is 0 Å². The SMILES string of the molecule is C1C2C3CC4C5C6C7C8C9C%10C%11C%12C%13C%14C%15C%16C%17CC%18C%19CC%20C%21C%22C%23C%24C%25C%26C%27C%28C%29C%30C%31C%32C1C21C34C52C%321C%311C62C72C%301C%291C82C92C%281C%271C%263C%254C%245C%236C%227C%218C%19%20C%18%17C%168C%157C%146C%135C%124C%113C%1021. The van der Waals surface area contributed by atoms with E-state index in [1.54, 1.807) is 0 Å². The van der Waals surface area contributed by atoms with Gasteiger partial charge in [-0.05, 0) is 367 Å². The minimum Gasteiger partial charge on any atom is -0.0458 e. The summed E-state index contributed by atoms with van der Waals surface area (Å²) < 4.78 is 0. The molecule has 0 aromatic carbocycles. The van der Waals surface area contributed by atoms with E-state index in [0.717, 1.165) is 152 Å². The van der Waals surface area contributed by atoms with Crippen molar-refractivity contribution in [2.45, 2.75) is 25.7 Å². The number of hydrogen-bond acceptors (Lipinski definition) is 0. The van der Waals surface area contributed by atoms with E-state index in [9.17, 15) is 0 Å². The third-order valence-electron chi connectivity index (χ3n) is 55.1. The summed E-state index contributed by atoms with van der Waals surface area (Å²) in [6.07, 6.45) is 7.30. The highest BCUT2D eigenvalue weighted by Gasteiger charge is 3.62. The van der Waals surface area contributed by atoms with Crippen LogP contribution in [0.3, 0.4) is 0 Å². The Balaban J connectivity index is 0.633. The van der Waals surface area contributed by atoms with Gasteiger partial charge in [-0.1, -0.05) is 0 Å². The standard InChI is InChI=1S/C64H40/c1-5-6-2-10-14-18-22-26-30-35-36-32-28-24-20-16-12-4-8-7-3-11-15-19-23-27-31-34-33-29-25-21-17-13-9(1)37(5)38(6,10)42(14)41(13,37)45(17)46(18,42)50(22)49(21,45)53(25)54(26,50)58(30)57(29,53)61(33)62(34)59(31)55(27)51(23)47(19)43(15)39(7,11)40(8,12)44(16,43)48(20,47)52(24,51)56(28,55)60(32,59)64(36,62)63(35,58)61/h5-36H,1-4H2. The molecule has 28 spiro atoms. The summed E-state index contributed by atoms with van der Waals surface area (Å²) in [5.74, 6) is 45.0. The summed E-state index contributed by atoms with van der Waals surface area (Å²) >= 11 is 0. The fourth-order valence-electron chi connectivity index (χ4n) is 69.3. The average molecular weight is 809 g/mol. The van der Waals surface area contributed by atoms with Crippen LogP contribution in [-0.2, 0) is 0 Å². The van der Waals surface area contributed by atoms with Gasteiger partial charge in [0.05, 0.1) is 0 Å². The molecule has 296 valence electrons. The molecule has 0 heteroatoms. The Labute approximate surface area is 364 Å². The summed E-state index contributed by atoms with van der Waals surface area (Å²) in [5.41, 5.74) is 31.4. The molecule has 0 amide bonds. The first-order valence-electron chi connectivity index (χ1n) is 31.8. The third kappa shape index (κ3) is 0.499. The first kappa shape index (κ1) is 21.8. The molecule has 45 aliphatic rings. The molecule has 0 radical (unpaired) electrons. The van der Waals surface area contributed by atoms with E-state index in [0.29, 0.717) is 0 Å². The first-order chi connectivity index (χ1) is 31.8. The Morgan fingerprint density at radius 2 is 0.250 bits per heavy atom. The number of fused-ring (bicyclic) bond motifs is 28. The van der Waals surface area contributed by atoms with Crippen LogP contribution in [-0.4, -0.2) is 0 Å². The van der Waals surface area contributed by atoms with Crippen molar-refractivity contribution < 1.29 is 0 Å². The summed E-state index contributed by atoms with van der Waals surface area (Å²) in [7, 11) is 0. The molecule has 0 aromatic rings. The van der Waals surface area contributed by atoms with Gasteiger partial charge in [-0.2, -0.15) is 0 Å². The fraction of sp³-hybridized carbons (Fsp3) is 1.00. The van der Waals surface area contributed by atoms with Gasteiger partial charge in [0.1, 0.15) is 0 Å². The van der Waals surface area contributed by atoms with Crippen molar-refractivity contribution in [1.29, 1.82) is 0 Å². The molecule has 0 saturated heterocycles. The van der Waals surface area contributed by atoms with Gasteiger partial charge in [-0.25, -0.2) is 0 Å². The molecule has 0 bridgehead atoms. The Morgan fingerprint density at radius 1 is 0.125 bits per heavy atom. The van der Waals surface area contributed by atoms with Crippen LogP contribution in [0.5, 0.6) is 0 Å². The van der Waals surface area contributed by atoms with Crippen molar-refractivity contribution >= 4 is 0 Å². The highest BCUT2D eigenvalue weighted by molar-refractivity contribution is 6.07. The third-order valence-corrected chi connectivity index (χ3v) is 55.1. The van der Waals surface area contributed by atoms with Crippen LogP contribution >= 0.6 is 0 Å². The lowest BCUT2D eigenvalue weighted by Gasteiger charge is -3.59. The second-order valence-corrected chi connectivity index (χ2v) is 41.3. The zero-order valence-corrected chi connectivity index (χ0v) is 35.3. The second kappa shape index (κ2) is 3.37. The van der Waals surface area contributed by atoms with Gasteiger partial charge in [0.2, 0.25) is 0 Å². The van der Waals surface area contributed by atoms with E-state index in [4.69, 9.17) is 0 Å². The highest BCUT2D eigenvalue weighted by Crippen LogP contribution is 3.63. The van der Waals surface area contributed by atoms with Crippen LogP contribution in [0.1, 0.15) is 25.7 Å². The lowest BCUT2D eigenvalue weighted by atomic mass is 8.43. The highest BCUT2D eigenvalue weighted by atomic mass is 15.6.